The van der Waals surface area contributed by atoms with Crippen molar-refractivity contribution in [2.24, 2.45) is 0 Å². The third kappa shape index (κ3) is 3.28. The number of carboxylic acids is 1. The van der Waals surface area contributed by atoms with Crippen LogP contribution in [-0.4, -0.2) is 17.0 Å². The number of amides is 1. The first-order chi connectivity index (χ1) is 9.90. The van der Waals surface area contributed by atoms with Crippen LogP contribution >= 0.6 is 15.9 Å². The molecule has 0 aliphatic heterocycles. The van der Waals surface area contributed by atoms with Crippen molar-refractivity contribution >= 4 is 33.5 Å². The largest absolute Gasteiger partial charge is 0.478 e. The summed E-state index contributed by atoms with van der Waals surface area (Å²) >= 11 is 3.26. The highest BCUT2D eigenvalue weighted by Crippen LogP contribution is 2.23. The lowest BCUT2D eigenvalue weighted by atomic mass is 10.1. The molecule has 0 saturated heterocycles. The van der Waals surface area contributed by atoms with Crippen molar-refractivity contribution in [3.63, 3.8) is 0 Å². The molecule has 0 bridgehead atoms. The molecule has 2 aromatic rings. The highest BCUT2D eigenvalue weighted by atomic mass is 79.9. The van der Waals surface area contributed by atoms with Gasteiger partial charge < -0.3 is 10.4 Å². The minimum atomic E-state index is -1.44. The number of aryl methyl sites for hydroxylation is 1. The van der Waals surface area contributed by atoms with Gasteiger partial charge in [-0.05, 0) is 47.1 Å². The van der Waals surface area contributed by atoms with E-state index in [0.717, 1.165) is 11.6 Å². The summed E-state index contributed by atoms with van der Waals surface area (Å²) in [5.41, 5.74) is 0.576. The number of benzene rings is 2. The Hall–Kier alpha value is -2.21. The van der Waals surface area contributed by atoms with Crippen molar-refractivity contribution in [2.75, 3.05) is 5.32 Å². The molecular weight excluding hydrogens is 341 g/mol. The highest BCUT2D eigenvalue weighted by molar-refractivity contribution is 9.10. The van der Waals surface area contributed by atoms with Gasteiger partial charge in [-0.3, -0.25) is 4.79 Å². The third-order valence-corrected chi connectivity index (χ3v) is 3.53. The minimum absolute atomic E-state index is 0.0825. The van der Waals surface area contributed by atoms with E-state index in [1.807, 2.05) is 13.0 Å². The Morgan fingerprint density at radius 1 is 1.24 bits per heavy atom. The lowest BCUT2D eigenvalue weighted by Crippen LogP contribution is -2.16. The van der Waals surface area contributed by atoms with Gasteiger partial charge in [-0.25, -0.2) is 9.18 Å². The van der Waals surface area contributed by atoms with E-state index in [4.69, 9.17) is 5.11 Å². The van der Waals surface area contributed by atoms with Crippen LogP contribution in [0.15, 0.2) is 40.9 Å². The van der Waals surface area contributed by atoms with Crippen molar-refractivity contribution in [1.82, 2.24) is 0 Å². The second-order valence-electron chi connectivity index (χ2n) is 4.40. The van der Waals surface area contributed by atoms with Crippen LogP contribution in [0.1, 0.15) is 26.3 Å². The zero-order valence-corrected chi connectivity index (χ0v) is 12.6. The number of anilines is 1. The SMILES string of the molecule is Cc1ccc(Br)c(C(=O)Nc2cccc(F)c2C(=O)O)c1. The number of hydrogen-bond acceptors (Lipinski definition) is 2. The standard InChI is InChI=1S/C15H11BrFNO3/c1-8-5-6-10(16)9(7-8)14(19)18-12-4-2-3-11(17)13(12)15(20)21/h2-7H,1H3,(H,18,19)(H,20,21). The fourth-order valence-electron chi connectivity index (χ4n) is 1.85. The number of carbonyl (C=O) groups excluding carboxylic acids is 1. The van der Waals surface area contributed by atoms with Gasteiger partial charge in [0.1, 0.15) is 11.4 Å². The zero-order chi connectivity index (χ0) is 15.6. The Balaban J connectivity index is 2.39. The quantitative estimate of drug-likeness (QED) is 0.882. The van der Waals surface area contributed by atoms with Gasteiger partial charge in [0.25, 0.3) is 5.91 Å². The van der Waals surface area contributed by atoms with Gasteiger partial charge in [-0.2, -0.15) is 0 Å². The third-order valence-electron chi connectivity index (χ3n) is 2.84. The Bertz CT molecular complexity index is 731. The second-order valence-corrected chi connectivity index (χ2v) is 5.26. The topological polar surface area (TPSA) is 66.4 Å². The van der Waals surface area contributed by atoms with Crippen molar-refractivity contribution in [3.8, 4) is 0 Å². The molecule has 0 aliphatic carbocycles. The maximum atomic E-state index is 13.6. The maximum Gasteiger partial charge on any atom is 0.340 e. The molecule has 0 aliphatic rings. The van der Waals surface area contributed by atoms with Crippen LogP contribution in [-0.2, 0) is 0 Å². The molecule has 4 nitrogen and oxygen atoms in total. The van der Waals surface area contributed by atoms with E-state index in [0.29, 0.717) is 10.0 Å². The Labute approximate surface area is 128 Å². The summed E-state index contributed by atoms with van der Waals surface area (Å²) in [4.78, 5) is 23.3. The van der Waals surface area contributed by atoms with Crippen LogP contribution < -0.4 is 5.32 Å². The fraction of sp³-hybridized carbons (Fsp3) is 0.0667. The molecule has 0 fully saturated rings. The summed E-state index contributed by atoms with van der Waals surface area (Å²) in [7, 11) is 0. The van der Waals surface area contributed by atoms with Gasteiger partial charge in [-0.1, -0.05) is 17.7 Å². The Morgan fingerprint density at radius 3 is 2.62 bits per heavy atom. The zero-order valence-electron chi connectivity index (χ0n) is 11.0. The van der Waals surface area contributed by atoms with Crippen molar-refractivity contribution < 1.29 is 19.1 Å². The smallest absolute Gasteiger partial charge is 0.340 e. The van der Waals surface area contributed by atoms with Crippen LogP contribution in [0.4, 0.5) is 10.1 Å². The summed E-state index contributed by atoms with van der Waals surface area (Å²) in [6.45, 7) is 1.83. The van der Waals surface area contributed by atoms with Gasteiger partial charge in [0, 0.05) is 4.47 Å². The molecular formula is C15H11BrFNO3. The average molecular weight is 352 g/mol. The van der Waals surface area contributed by atoms with E-state index in [2.05, 4.69) is 21.2 Å². The molecule has 0 heterocycles. The van der Waals surface area contributed by atoms with Gasteiger partial charge in [-0.15, -0.1) is 0 Å². The lowest BCUT2D eigenvalue weighted by Gasteiger charge is -2.10. The van der Waals surface area contributed by atoms with E-state index >= 15 is 0 Å². The molecule has 21 heavy (non-hydrogen) atoms. The summed E-state index contributed by atoms with van der Waals surface area (Å²) in [6, 6.07) is 8.90. The number of nitrogens with one attached hydrogen (secondary N) is 1. The fourth-order valence-corrected chi connectivity index (χ4v) is 2.28. The molecule has 0 spiro atoms. The van der Waals surface area contributed by atoms with E-state index in [1.54, 1.807) is 12.1 Å². The van der Waals surface area contributed by atoms with Gasteiger partial charge in [0.15, 0.2) is 0 Å². The average Bonchev–Trinajstić information content (AvgIpc) is 2.41. The second kappa shape index (κ2) is 6.05. The number of carboxylic acid groups (broad SMARTS) is 1. The number of halogens is 2. The van der Waals surface area contributed by atoms with Crippen LogP contribution in [0, 0.1) is 12.7 Å². The van der Waals surface area contributed by atoms with Crippen molar-refractivity contribution in [2.45, 2.75) is 6.92 Å². The first-order valence-corrected chi connectivity index (χ1v) is 6.78. The van der Waals surface area contributed by atoms with E-state index < -0.39 is 23.3 Å². The van der Waals surface area contributed by atoms with Crippen LogP contribution in [0.25, 0.3) is 0 Å². The highest BCUT2D eigenvalue weighted by Gasteiger charge is 2.18. The molecule has 2 rings (SSSR count). The normalized spacial score (nSPS) is 10.2. The number of aromatic carboxylic acids is 1. The van der Waals surface area contributed by atoms with Crippen molar-refractivity contribution in [3.05, 3.63) is 63.4 Å². The number of hydrogen-bond donors (Lipinski definition) is 2. The van der Waals surface area contributed by atoms with E-state index in [1.165, 1.54) is 12.1 Å². The first-order valence-electron chi connectivity index (χ1n) is 5.99. The monoisotopic (exact) mass is 351 g/mol. The molecule has 0 radical (unpaired) electrons. The molecule has 6 heteroatoms. The summed E-state index contributed by atoms with van der Waals surface area (Å²) in [5, 5.41) is 11.5. The lowest BCUT2D eigenvalue weighted by molar-refractivity contribution is 0.0693. The minimum Gasteiger partial charge on any atom is -0.478 e. The summed E-state index contributed by atoms with van der Waals surface area (Å²) < 4.78 is 14.1. The van der Waals surface area contributed by atoms with E-state index in [9.17, 15) is 14.0 Å². The number of carbonyl (C=O) groups is 2. The van der Waals surface area contributed by atoms with Crippen LogP contribution in [0.2, 0.25) is 0 Å². The summed E-state index contributed by atoms with van der Waals surface area (Å²) in [6.07, 6.45) is 0. The van der Waals surface area contributed by atoms with Gasteiger partial charge in [0.2, 0.25) is 0 Å². The number of rotatable bonds is 3. The molecule has 0 atom stereocenters. The van der Waals surface area contributed by atoms with Crippen LogP contribution in [0.3, 0.4) is 0 Å². The molecule has 0 unspecified atom stereocenters. The predicted molar refractivity (Wildman–Crippen MR) is 80.2 cm³/mol. The molecule has 0 aromatic heterocycles. The van der Waals surface area contributed by atoms with Gasteiger partial charge in [0.05, 0.1) is 11.3 Å². The molecule has 0 saturated carbocycles. The van der Waals surface area contributed by atoms with E-state index in [-0.39, 0.29) is 5.69 Å². The Morgan fingerprint density at radius 2 is 1.95 bits per heavy atom. The molecule has 2 aromatic carbocycles. The van der Waals surface area contributed by atoms with Crippen molar-refractivity contribution in [1.29, 1.82) is 0 Å². The summed E-state index contributed by atoms with van der Waals surface area (Å²) in [5.74, 6) is -2.85. The maximum absolute atomic E-state index is 13.6. The first kappa shape index (κ1) is 15.2. The van der Waals surface area contributed by atoms with Crippen LogP contribution in [0.5, 0.6) is 0 Å². The molecule has 1 amide bonds. The van der Waals surface area contributed by atoms with Gasteiger partial charge >= 0.3 is 5.97 Å². The Kier molecular flexibility index (Phi) is 4.37. The predicted octanol–water partition coefficient (Wildman–Crippen LogP) is 3.85. The molecule has 108 valence electrons. The molecule has 2 N–H and O–H groups in total.